The Morgan fingerprint density at radius 2 is 2.06 bits per heavy atom. The van der Waals surface area contributed by atoms with E-state index in [1.807, 2.05) is 0 Å². The number of alkyl halides is 5. The number of nitrogens with two attached hydrogens (primary N) is 1. The standard InChI is InChI=1S/C19H20F5N5O2/c1-11-2-3-14(27-15-8-13(5-7-26-15)31-19(22,23)24)28-16(11)17(30)29-10-18(20,21)6-4-12(29)9-25/h2-3,5,7-8,12H,4,6,9-10,25H2,1H3,(H,26,27,28)/t12-/m1/s1. The minimum absolute atomic E-state index is 0.0131. The predicted molar refractivity (Wildman–Crippen MR) is 101 cm³/mol. The molecule has 31 heavy (non-hydrogen) atoms. The van der Waals surface area contributed by atoms with Crippen molar-refractivity contribution in [3.05, 3.63) is 41.7 Å². The van der Waals surface area contributed by atoms with Crippen molar-refractivity contribution in [3.63, 3.8) is 0 Å². The fourth-order valence-electron chi connectivity index (χ4n) is 3.23. The molecule has 1 fully saturated rings. The monoisotopic (exact) mass is 445 g/mol. The summed E-state index contributed by atoms with van der Waals surface area (Å²) in [7, 11) is 0. The van der Waals surface area contributed by atoms with Crippen molar-refractivity contribution in [3.8, 4) is 5.75 Å². The number of aryl methyl sites for hydroxylation is 1. The topological polar surface area (TPSA) is 93.4 Å². The summed E-state index contributed by atoms with van der Waals surface area (Å²) in [5.74, 6) is -4.12. The van der Waals surface area contributed by atoms with Crippen LogP contribution in [0, 0.1) is 6.92 Å². The van der Waals surface area contributed by atoms with Crippen LogP contribution in [0.5, 0.6) is 5.75 Å². The van der Waals surface area contributed by atoms with Gasteiger partial charge in [0.25, 0.3) is 11.8 Å². The normalized spacial score (nSPS) is 18.5. The summed E-state index contributed by atoms with van der Waals surface area (Å²) in [5.41, 5.74) is 6.04. The maximum Gasteiger partial charge on any atom is 0.573 e. The Labute approximate surface area is 174 Å². The molecule has 3 heterocycles. The molecule has 3 N–H and O–H groups in total. The van der Waals surface area contributed by atoms with Gasteiger partial charge in [-0.15, -0.1) is 13.2 Å². The van der Waals surface area contributed by atoms with Crippen molar-refractivity contribution < 1.29 is 31.5 Å². The van der Waals surface area contributed by atoms with Crippen LogP contribution in [0.2, 0.25) is 0 Å². The lowest BCUT2D eigenvalue weighted by Crippen LogP contribution is -2.54. The van der Waals surface area contributed by atoms with Gasteiger partial charge in [-0.25, -0.2) is 18.7 Å². The van der Waals surface area contributed by atoms with E-state index in [0.29, 0.717) is 5.56 Å². The van der Waals surface area contributed by atoms with E-state index in [9.17, 15) is 26.7 Å². The summed E-state index contributed by atoms with van der Waals surface area (Å²) in [4.78, 5) is 22.1. The van der Waals surface area contributed by atoms with Gasteiger partial charge in [-0.1, -0.05) is 6.07 Å². The van der Waals surface area contributed by atoms with Crippen molar-refractivity contribution in [1.29, 1.82) is 0 Å². The van der Waals surface area contributed by atoms with Crippen LogP contribution in [0.4, 0.5) is 33.6 Å². The van der Waals surface area contributed by atoms with Crippen LogP contribution in [0.15, 0.2) is 30.5 Å². The molecule has 1 saturated heterocycles. The number of nitrogens with zero attached hydrogens (tertiary/aromatic N) is 3. The smallest absolute Gasteiger partial charge is 0.406 e. The molecule has 0 spiro atoms. The van der Waals surface area contributed by atoms with Gasteiger partial charge in [0, 0.05) is 31.3 Å². The van der Waals surface area contributed by atoms with E-state index in [1.54, 1.807) is 6.92 Å². The quantitative estimate of drug-likeness (QED) is 0.683. The highest BCUT2D eigenvalue weighted by atomic mass is 19.4. The van der Waals surface area contributed by atoms with E-state index in [0.717, 1.165) is 23.2 Å². The summed E-state index contributed by atoms with van der Waals surface area (Å²) >= 11 is 0. The number of rotatable bonds is 5. The molecular weight excluding hydrogens is 425 g/mol. The third kappa shape index (κ3) is 5.78. The van der Waals surface area contributed by atoms with Gasteiger partial charge in [0.05, 0.1) is 6.54 Å². The van der Waals surface area contributed by atoms with Crippen LogP contribution in [0.25, 0.3) is 0 Å². The highest BCUT2D eigenvalue weighted by molar-refractivity contribution is 5.94. The number of pyridine rings is 2. The number of amides is 1. The van der Waals surface area contributed by atoms with E-state index in [-0.39, 0.29) is 36.7 Å². The number of ether oxygens (including phenoxy) is 1. The first-order valence-corrected chi connectivity index (χ1v) is 9.33. The van der Waals surface area contributed by atoms with Crippen molar-refractivity contribution in [1.82, 2.24) is 14.9 Å². The first kappa shape index (κ1) is 22.7. The van der Waals surface area contributed by atoms with E-state index in [4.69, 9.17) is 5.73 Å². The Morgan fingerprint density at radius 3 is 2.74 bits per heavy atom. The summed E-state index contributed by atoms with van der Waals surface area (Å²) in [6, 6.07) is 4.52. The molecule has 1 amide bonds. The fraction of sp³-hybridized carbons (Fsp3) is 0.421. The fourth-order valence-corrected chi connectivity index (χ4v) is 3.23. The Hall–Kier alpha value is -3.02. The number of aromatic nitrogens is 2. The number of piperidine rings is 1. The minimum atomic E-state index is -4.86. The number of hydrogen-bond donors (Lipinski definition) is 2. The maximum atomic E-state index is 13.9. The first-order valence-electron chi connectivity index (χ1n) is 9.33. The lowest BCUT2D eigenvalue weighted by atomic mass is 9.98. The summed E-state index contributed by atoms with van der Waals surface area (Å²) < 4.78 is 68.8. The zero-order valence-electron chi connectivity index (χ0n) is 16.4. The summed E-state index contributed by atoms with van der Waals surface area (Å²) in [6.07, 6.45) is -4.04. The lowest BCUT2D eigenvalue weighted by Gasteiger charge is -2.39. The predicted octanol–water partition coefficient (Wildman–Crippen LogP) is 3.63. The van der Waals surface area contributed by atoms with Gasteiger partial charge < -0.3 is 20.7 Å². The maximum absolute atomic E-state index is 13.9. The zero-order chi connectivity index (χ0) is 22.8. The van der Waals surface area contributed by atoms with Gasteiger partial charge in [-0.3, -0.25) is 4.79 Å². The van der Waals surface area contributed by atoms with Crippen molar-refractivity contribution >= 4 is 17.5 Å². The van der Waals surface area contributed by atoms with Crippen LogP contribution in [-0.4, -0.2) is 52.2 Å². The molecule has 0 aromatic carbocycles. The van der Waals surface area contributed by atoms with Gasteiger partial charge in [-0.05, 0) is 31.0 Å². The van der Waals surface area contributed by atoms with Crippen LogP contribution in [0.3, 0.4) is 0 Å². The van der Waals surface area contributed by atoms with E-state index in [2.05, 4.69) is 20.0 Å². The number of carbonyl (C=O) groups excluding carboxylic acids is 1. The van der Waals surface area contributed by atoms with E-state index in [1.165, 1.54) is 12.1 Å². The van der Waals surface area contributed by atoms with Gasteiger partial charge in [-0.2, -0.15) is 0 Å². The van der Waals surface area contributed by atoms with Crippen LogP contribution < -0.4 is 15.8 Å². The molecule has 1 aliphatic rings. The second-order valence-corrected chi connectivity index (χ2v) is 7.13. The summed E-state index contributed by atoms with van der Waals surface area (Å²) in [6.45, 7) is 0.874. The molecule has 0 bridgehead atoms. The first-order chi connectivity index (χ1) is 14.5. The summed E-state index contributed by atoms with van der Waals surface area (Å²) in [5, 5.41) is 2.68. The zero-order valence-corrected chi connectivity index (χ0v) is 16.4. The molecule has 168 valence electrons. The molecule has 1 atom stereocenters. The van der Waals surface area contributed by atoms with Crippen molar-refractivity contribution in [2.75, 3.05) is 18.4 Å². The molecule has 12 heteroatoms. The highest BCUT2D eigenvalue weighted by Gasteiger charge is 2.42. The number of carbonyl (C=O) groups is 1. The number of halogens is 5. The molecule has 2 aromatic rings. The number of anilines is 2. The lowest BCUT2D eigenvalue weighted by molar-refractivity contribution is -0.274. The van der Waals surface area contributed by atoms with Gasteiger partial charge in [0.15, 0.2) is 0 Å². The molecule has 2 aromatic heterocycles. The Balaban J connectivity index is 1.83. The molecular formula is C19H20F5N5O2. The molecule has 7 nitrogen and oxygen atoms in total. The highest BCUT2D eigenvalue weighted by Crippen LogP contribution is 2.31. The van der Waals surface area contributed by atoms with Crippen LogP contribution in [-0.2, 0) is 0 Å². The van der Waals surface area contributed by atoms with Crippen molar-refractivity contribution in [2.45, 2.75) is 38.1 Å². The number of likely N-dealkylation sites (tertiary alicyclic amines) is 1. The molecule has 0 saturated carbocycles. The van der Waals surface area contributed by atoms with Gasteiger partial charge >= 0.3 is 6.36 Å². The number of hydrogen-bond acceptors (Lipinski definition) is 6. The molecule has 0 unspecified atom stereocenters. The molecule has 3 rings (SSSR count). The Morgan fingerprint density at radius 1 is 1.32 bits per heavy atom. The van der Waals surface area contributed by atoms with Gasteiger partial charge in [0.2, 0.25) is 0 Å². The average molecular weight is 445 g/mol. The van der Waals surface area contributed by atoms with E-state index >= 15 is 0 Å². The Bertz CT molecular complexity index is 954. The van der Waals surface area contributed by atoms with Crippen molar-refractivity contribution in [2.24, 2.45) is 5.73 Å². The minimum Gasteiger partial charge on any atom is -0.406 e. The SMILES string of the molecule is Cc1ccc(Nc2cc(OC(F)(F)F)ccn2)nc1C(=O)N1CC(F)(F)CC[C@@H]1CN. The van der Waals surface area contributed by atoms with Crippen LogP contribution in [0.1, 0.15) is 28.9 Å². The molecule has 0 radical (unpaired) electrons. The second-order valence-electron chi connectivity index (χ2n) is 7.13. The molecule has 0 aliphatic carbocycles. The largest absolute Gasteiger partial charge is 0.573 e. The number of nitrogens with one attached hydrogen (secondary N) is 1. The second kappa shape index (κ2) is 8.61. The average Bonchev–Trinajstić information content (AvgIpc) is 2.67. The van der Waals surface area contributed by atoms with E-state index < -0.39 is 36.5 Å². The third-order valence-corrected chi connectivity index (χ3v) is 4.74. The third-order valence-electron chi connectivity index (χ3n) is 4.74. The van der Waals surface area contributed by atoms with Crippen LogP contribution >= 0.6 is 0 Å². The van der Waals surface area contributed by atoms with Gasteiger partial charge in [0.1, 0.15) is 23.1 Å². The molecule has 1 aliphatic heterocycles. The Kier molecular flexibility index (Phi) is 6.30.